The minimum Gasteiger partial charge on any atom is -0.319 e. The number of sulfone groups is 1. The highest BCUT2D eigenvalue weighted by Gasteiger charge is 2.36. The van der Waals surface area contributed by atoms with Crippen LogP contribution >= 0.6 is 11.6 Å². The van der Waals surface area contributed by atoms with Crippen LogP contribution in [0.2, 0.25) is 5.02 Å². The van der Waals surface area contributed by atoms with E-state index in [1.807, 2.05) is 0 Å². The average molecular weight is 448 g/mol. The lowest BCUT2D eigenvalue weighted by molar-refractivity contribution is -0.137. The number of alkyl halides is 3. The number of anilines is 1. The highest BCUT2D eigenvalue weighted by molar-refractivity contribution is 7.91. The smallest absolute Gasteiger partial charge is 0.319 e. The van der Waals surface area contributed by atoms with Gasteiger partial charge in [0.2, 0.25) is 0 Å². The number of nitrogens with one attached hydrogen (secondary N) is 1. The normalized spacial score (nSPS) is 20.6. The van der Waals surface area contributed by atoms with Crippen molar-refractivity contribution in [3.05, 3.63) is 45.7 Å². The highest BCUT2D eigenvalue weighted by atomic mass is 35.5. The molecular weight excluding hydrogens is 431 g/mol. The van der Waals surface area contributed by atoms with Crippen molar-refractivity contribution >= 4 is 33.0 Å². The van der Waals surface area contributed by atoms with Crippen molar-refractivity contribution in [1.82, 2.24) is 9.78 Å². The van der Waals surface area contributed by atoms with E-state index in [1.54, 1.807) is 0 Å². The maximum Gasteiger partial charge on any atom is 0.416 e. The van der Waals surface area contributed by atoms with Crippen LogP contribution in [0.15, 0.2) is 18.2 Å². The summed E-state index contributed by atoms with van der Waals surface area (Å²) < 4.78 is 64.2. The van der Waals surface area contributed by atoms with Crippen molar-refractivity contribution in [1.29, 1.82) is 0 Å². The van der Waals surface area contributed by atoms with E-state index in [0.29, 0.717) is 19.3 Å². The molecule has 0 saturated carbocycles. The fourth-order valence-electron chi connectivity index (χ4n) is 3.86. The molecule has 4 rings (SSSR count). The Hall–Kier alpha value is -2.07. The number of benzene rings is 1. The van der Waals surface area contributed by atoms with E-state index in [-0.39, 0.29) is 27.9 Å². The van der Waals surface area contributed by atoms with Gasteiger partial charge in [0.15, 0.2) is 9.84 Å². The van der Waals surface area contributed by atoms with E-state index in [1.165, 1.54) is 4.68 Å². The molecule has 2 aromatic rings. The van der Waals surface area contributed by atoms with Crippen LogP contribution in [0.1, 0.15) is 46.2 Å². The summed E-state index contributed by atoms with van der Waals surface area (Å²) in [4.78, 5) is 13.0. The third-order valence-electron chi connectivity index (χ3n) is 5.24. The Bertz CT molecular complexity index is 1100. The van der Waals surface area contributed by atoms with Crippen LogP contribution < -0.4 is 5.32 Å². The van der Waals surface area contributed by atoms with E-state index in [2.05, 4.69) is 10.4 Å². The molecule has 6 nitrogen and oxygen atoms in total. The van der Waals surface area contributed by atoms with Crippen molar-refractivity contribution < 1.29 is 26.4 Å². The van der Waals surface area contributed by atoms with Gasteiger partial charge in [-0.15, -0.1) is 0 Å². The van der Waals surface area contributed by atoms with E-state index in [9.17, 15) is 26.4 Å². The summed E-state index contributed by atoms with van der Waals surface area (Å²) in [7, 11) is -3.20. The standard InChI is InChI=1S/C18H17ClF3N3O3S/c19-13-5-4-10(18(20,21)22)8-15(13)23-17(26)16-12-2-1-3-14(12)24-25(16)11-6-7-29(27,28)9-11/h4-5,8,11H,1-3,6-7,9H2,(H,23,26). The first-order chi connectivity index (χ1) is 13.5. The first kappa shape index (κ1) is 20.2. The zero-order valence-electron chi connectivity index (χ0n) is 15.1. The Morgan fingerprint density at radius 1 is 1.28 bits per heavy atom. The van der Waals surface area contributed by atoms with E-state index in [4.69, 9.17) is 11.6 Å². The molecule has 29 heavy (non-hydrogen) atoms. The van der Waals surface area contributed by atoms with Crippen molar-refractivity contribution in [3.63, 3.8) is 0 Å². The lowest BCUT2D eigenvalue weighted by Gasteiger charge is -2.16. The van der Waals surface area contributed by atoms with Crippen LogP contribution in [0.4, 0.5) is 18.9 Å². The minimum atomic E-state index is -4.58. The number of halogens is 4. The quantitative estimate of drug-likeness (QED) is 0.778. The second-order valence-corrected chi connectivity index (χ2v) is 9.91. The summed E-state index contributed by atoms with van der Waals surface area (Å²) in [6.07, 6.45) is -2.15. The highest BCUT2D eigenvalue weighted by Crippen LogP contribution is 2.35. The molecule has 1 aromatic carbocycles. The Kier molecular flexibility index (Phi) is 4.89. The SMILES string of the molecule is O=C(Nc1cc(C(F)(F)F)ccc1Cl)c1c2c(nn1C1CCS(=O)(=O)C1)CCC2. The minimum absolute atomic E-state index is 0.0166. The first-order valence-electron chi connectivity index (χ1n) is 9.04. The number of rotatable bonds is 3. The largest absolute Gasteiger partial charge is 0.416 e. The fraction of sp³-hybridized carbons (Fsp3) is 0.444. The van der Waals surface area contributed by atoms with Gasteiger partial charge in [0, 0.05) is 5.56 Å². The number of hydrogen-bond acceptors (Lipinski definition) is 4. The summed E-state index contributed by atoms with van der Waals surface area (Å²) >= 11 is 5.99. The van der Waals surface area contributed by atoms with Crippen LogP contribution in [-0.2, 0) is 28.9 Å². The molecule has 11 heteroatoms. The molecule has 156 valence electrons. The molecule has 0 bridgehead atoms. The predicted octanol–water partition coefficient (Wildman–Crippen LogP) is 3.66. The zero-order valence-corrected chi connectivity index (χ0v) is 16.7. The number of hydrogen-bond donors (Lipinski definition) is 1. The Morgan fingerprint density at radius 2 is 2.03 bits per heavy atom. The molecular formula is C18H17ClF3N3O3S. The second-order valence-electron chi connectivity index (χ2n) is 7.28. The van der Waals surface area contributed by atoms with E-state index >= 15 is 0 Å². The van der Waals surface area contributed by atoms with Gasteiger partial charge in [0.1, 0.15) is 5.69 Å². The molecule has 1 amide bonds. The summed E-state index contributed by atoms with van der Waals surface area (Å²) in [5.41, 5.74) is 0.556. The van der Waals surface area contributed by atoms with Crippen LogP contribution in [-0.4, -0.2) is 35.6 Å². The topological polar surface area (TPSA) is 81.1 Å². The van der Waals surface area contributed by atoms with Gasteiger partial charge in [-0.05, 0) is 43.9 Å². The number of fused-ring (bicyclic) bond motifs is 1. The molecule has 0 spiro atoms. The average Bonchev–Trinajstić information content (AvgIpc) is 3.28. The van der Waals surface area contributed by atoms with Crippen molar-refractivity contribution in [2.45, 2.75) is 37.9 Å². The molecule has 1 fully saturated rings. The maximum absolute atomic E-state index is 13.0. The van der Waals surface area contributed by atoms with Gasteiger partial charge < -0.3 is 5.32 Å². The maximum atomic E-state index is 13.0. The first-order valence-corrected chi connectivity index (χ1v) is 11.2. The Balaban J connectivity index is 1.70. The fourth-order valence-corrected chi connectivity index (χ4v) is 5.72. The summed E-state index contributed by atoms with van der Waals surface area (Å²) in [5.74, 6) is -0.743. The molecule has 2 aliphatic rings. The molecule has 0 radical (unpaired) electrons. The molecule has 1 aliphatic heterocycles. The summed E-state index contributed by atoms with van der Waals surface area (Å²) in [6, 6.07) is 2.22. The molecule has 1 unspecified atom stereocenters. The van der Waals surface area contributed by atoms with Crippen LogP contribution in [0.3, 0.4) is 0 Å². The van der Waals surface area contributed by atoms with Gasteiger partial charge in [0.25, 0.3) is 5.91 Å². The van der Waals surface area contributed by atoms with Crippen LogP contribution in [0.5, 0.6) is 0 Å². The van der Waals surface area contributed by atoms with Crippen molar-refractivity contribution in [2.24, 2.45) is 0 Å². The summed E-state index contributed by atoms with van der Waals surface area (Å²) in [5, 5.41) is 6.89. The monoisotopic (exact) mass is 447 g/mol. The predicted molar refractivity (Wildman–Crippen MR) is 101 cm³/mol. The Morgan fingerprint density at radius 3 is 2.69 bits per heavy atom. The van der Waals surface area contributed by atoms with Crippen molar-refractivity contribution in [3.8, 4) is 0 Å². The number of carbonyl (C=O) groups is 1. The molecule has 1 aliphatic carbocycles. The number of nitrogens with zero attached hydrogens (tertiary/aromatic N) is 2. The van der Waals surface area contributed by atoms with Crippen LogP contribution in [0, 0.1) is 0 Å². The van der Waals surface area contributed by atoms with E-state index < -0.39 is 33.5 Å². The van der Waals surface area contributed by atoms with Gasteiger partial charge in [0.05, 0.1) is 39.5 Å². The van der Waals surface area contributed by atoms with Gasteiger partial charge in [-0.25, -0.2) is 8.42 Å². The number of carbonyl (C=O) groups excluding carboxylic acids is 1. The van der Waals surface area contributed by atoms with Crippen molar-refractivity contribution in [2.75, 3.05) is 16.8 Å². The van der Waals surface area contributed by atoms with E-state index in [0.717, 1.165) is 35.9 Å². The lowest BCUT2D eigenvalue weighted by Crippen LogP contribution is -2.23. The van der Waals surface area contributed by atoms with Gasteiger partial charge >= 0.3 is 6.18 Å². The molecule has 1 atom stereocenters. The Labute approximate surface area is 170 Å². The second kappa shape index (κ2) is 7.02. The molecule has 1 aromatic heterocycles. The van der Waals surface area contributed by atoms with Gasteiger partial charge in [-0.2, -0.15) is 18.3 Å². The van der Waals surface area contributed by atoms with Crippen LogP contribution in [0.25, 0.3) is 0 Å². The number of aryl methyl sites for hydroxylation is 1. The number of amides is 1. The van der Waals surface area contributed by atoms with Gasteiger partial charge in [-0.3, -0.25) is 9.48 Å². The molecule has 1 saturated heterocycles. The summed E-state index contributed by atoms with van der Waals surface area (Å²) in [6.45, 7) is 0. The van der Waals surface area contributed by atoms with Gasteiger partial charge in [-0.1, -0.05) is 11.6 Å². The lowest BCUT2D eigenvalue weighted by atomic mass is 10.1. The zero-order chi connectivity index (χ0) is 21.0. The third-order valence-corrected chi connectivity index (χ3v) is 7.32. The number of aromatic nitrogens is 2. The third kappa shape index (κ3) is 3.87. The molecule has 1 N–H and O–H groups in total. The molecule has 2 heterocycles.